The van der Waals surface area contributed by atoms with Gasteiger partial charge in [0.1, 0.15) is 6.17 Å². The van der Waals surface area contributed by atoms with Crippen LogP contribution < -0.4 is 0 Å². The lowest BCUT2D eigenvalue weighted by Crippen LogP contribution is -2.32. The van der Waals surface area contributed by atoms with Gasteiger partial charge < -0.3 is 0 Å². The van der Waals surface area contributed by atoms with Gasteiger partial charge in [-0.05, 0) is 6.42 Å². The maximum atomic E-state index is 12.7. The minimum atomic E-state index is -3.14. The van der Waals surface area contributed by atoms with Crippen LogP contribution in [0.3, 0.4) is 0 Å². The monoisotopic (exact) mass is 177 g/mol. The van der Waals surface area contributed by atoms with Crippen LogP contribution in [0.4, 0.5) is 4.39 Å². The van der Waals surface area contributed by atoms with Crippen molar-refractivity contribution in [3.05, 3.63) is 0 Å². The molecule has 0 N–H and O–H groups in total. The smallest absolute Gasteiger partial charge is 0.151 e. The van der Waals surface area contributed by atoms with E-state index < -0.39 is 21.9 Å². The Balaban J connectivity index is 2.76. The van der Waals surface area contributed by atoms with Crippen molar-refractivity contribution in [2.45, 2.75) is 12.6 Å². The molecule has 0 aromatic heterocycles. The molecule has 0 spiro atoms. The number of nitrogens with zero attached hydrogens (tertiary/aromatic N) is 1. The van der Waals surface area contributed by atoms with Gasteiger partial charge in [0.05, 0.1) is 23.5 Å². The maximum Gasteiger partial charge on any atom is 0.151 e. The third-order valence-corrected chi connectivity index (χ3v) is 3.47. The summed E-state index contributed by atoms with van der Waals surface area (Å²) in [7, 11) is -3.14. The quantitative estimate of drug-likeness (QED) is 0.534. The van der Waals surface area contributed by atoms with Gasteiger partial charge in [0.2, 0.25) is 0 Å². The van der Waals surface area contributed by atoms with Gasteiger partial charge in [-0.15, -0.1) is 0 Å². The van der Waals surface area contributed by atoms with Gasteiger partial charge in [0.25, 0.3) is 0 Å². The molecule has 1 rings (SSSR count). The zero-order valence-corrected chi connectivity index (χ0v) is 6.64. The topological polar surface area (TPSA) is 57.9 Å². The van der Waals surface area contributed by atoms with Gasteiger partial charge in [-0.2, -0.15) is 5.26 Å². The molecule has 11 heavy (non-hydrogen) atoms. The predicted octanol–water partition coefficient (Wildman–Crippen LogP) is 0.283. The summed E-state index contributed by atoms with van der Waals surface area (Å²) in [6.07, 6.45) is -1.29. The number of hydrogen-bond donors (Lipinski definition) is 0. The summed E-state index contributed by atoms with van der Waals surface area (Å²) >= 11 is 0. The number of sulfone groups is 1. The molecule has 2 atom stereocenters. The Kier molecular flexibility index (Phi) is 2.14. The summed E-state index contributed by atoms with van der Waals surface area (Å²) in [5.41, 5.74) is 0. The molecular weight excluding hydrogens is 169 g/mol. The van der Waals surface area contributed by atoms with Crippen molar-refractivity contribution >= 4 is 9.84 Å². The Hall–Kier alpha value is -0.630. The van der Waals surface area contributed by atoms with E-state index in [0.29, 0.717) is 0 Å². The Morgan fingerprint density at radius 3 is 2.64 bits per heavy atom. The van der Waals surface area contributed by atoms with Crippen LogP contribution in [0.15, 0.2) is 0 Å². The summed E-state index contributed by atoms with van der Waals surface area (Å²) in [6.45, 7) is 0. The Morgan fingerprint density at radius 2 is 2.18 bits per heavy atom. The van der Waals surface area contributed by atoms with E-state index in [1.54, 1.807) is 6.07 Å². The summed E-state index contributed by atoms with van der Waals surface area (Å²) in [4.78, 5) is 0. The molecule has 1 heterocycles. The molecule has 5 heteroatoms. The Bertz CT molecular complexity index is 279. The van der Waals surface area contributed by atoms with Gasteiger partial charge in [0, 0.05) is 0 Å². The first-order valence-electron chi connectivity index (χ1n) is 3.29. The Labute approximate surface area is 64.7 Å². The standard InChI is InChI=1S/C6H8FNO2S/c7-6-1-2-11(9,10)4-5(6)3-8/h5-6H,1-2,4H2/t5-,6+/m0/s1. The summed E-state index contributed by atoms with van der Waals surface area (Å²) in [5, 5.41) is 8.34. The van der Waals surface area contributed by atoms with Crippen LogP contribution in [0.2, 0.25) is 0 Å². The van der Waals surface area contributed by atoms with Crippen molar-refractivity contribution in [2.24, 2.45) is 5.92 Å². The molecule has 1 saturated heterocycles. The molecule has 0 amide bonds. The van der Waals surface area contributed by atoms with Gasteiger partial charge in [0.15, 0.2) is 9.84 Å². The van der Waals surface area contributed by atoms with Gasteiger partial charge in [-0.25, -0.2) is 12.8 Å². The first kappa shape index (κ1) is 8.47. The average molecular weight is 177 g/mol. The molecule has 0 bridgehead atoms. The van der Waals surface area contributed by atoms with E-state index in [0.717, 1.165) is 0 Å². The molecular formula is C6H8FNO2S. The van der Waals surface area contributed by atoms with Gasteiger partial charge >= 0.3 is 0 Å². The van der Waals surface area contributed by atoms with E-state index in [9.17, 15) is 12.8 Å². The fourth-order valence-corrected chi connectivity index (χ4v) is 2.65. The highest BCUT2D eigenvalue weighted by Crippen LogP contribution is 2.20. The Morgan fingerprint density at radius 1 is 1.55 bits per heavy atom. The molecule has 1 aliphatic rings. The largest absolute Gasteiger partial charge is 0.246 e. The van der Waals surface area contributed by atoms with E-state index in [1.807, 2.05) is 0 Å². The zero-order valence-electron chi connectivity index (χ0n) is 5.83. The van der Waals surface area contributed by atoms with Crippen LogP contribution in [0, 0.1) is 17.2 Å². The van der Waals surface area contributed by atoms with E-state index in [1.165, 1.54) is 0 Å². The van der Waals surface area contributed by atoms with Crippen molar-refractivity contribution in [1.82, 2.24) is 0 Å². The number of alkyl halides is 1. The highest BCUT2D eigenvalue weighted by molar-refractivity contribution is 7.91. The third kappa shape index (κ3) is 1.90. The summed E-state index contributed by atoms with van der Waals surface area (Å²) in [5.74, 6) is -1.38. The molecule has 0 aliphatic carbocycles. The van der Waals surface area contributed by atoms with Crippen molar-refractivity contribution < 1.29 is 12.8 Å². The molecule has 3 nitrogen and oxygen atoms in total. The molecule has 1 fully saturated rings. The second kappa shape index (κ2) is 2.78. The van der Waals surface area contributed by atoms with Crippen LogP contribution in [0.1, 0.15) is 6.42 Å². The fourth-order valence-electron chi connectivity index (χ4n) is 1.07. The molecule has 0 saturated carbocycles. The number of halogens is 1. The molecule has 0 aromatic carbocycles. The second-order valence-corrected chi connectivity index (χ2v) is 4.88. The van der Waals surface area contributed by atoms with Crippen LogP contribution in [-0.2, 0) is 9.84 Å². The first-order chi connectivity index (χ1) is 5.05. The number of rotatable bonds is 0. The van der Waals surface area contributed by atoms with Crippen molar-refractivity contribution in [1.29, 1.82) is 5.26 Å². The first-order valence-corrected chi connectivity index (χ1v) is 5.11. The van der Waals surface area contributed by atoms with Crippen molar-refractivity contribution in [3.8, 4) is 6.07 Å². The molecule has 0 aromatic rings. The normalized spacial score (nSPS) is 36.0. The van der Waals surface area contributed by atoms with Crippen molar-refractivity contribution in [2.75, 3.05) is 11.5 Å². The number of nitriles is 1. The molecule has 0 radical (unpaired) electrons. The number of hydrogen-bond acceptors (Lipinski definition) is 3. The lowest BCUT2D eigenvalue weighted by atomic mass is 10.1. The zero-order chi connectivity index (χ0) is 8.48. The second-order valence-electron chi connectivity index (χ2n) is 2.65. The van der Waals surface area contributed by atoms with E-state index in [4.69, 9.17) is 5.26 Å². The summed E-state index contributed by atoms with van der Waals surface area (Å²) < 4.78 is 34.4. The van der Waals surface area contributed by atoms with Crippen LogP contribution in [0.5, 0.6) is 0 Å². The highest BCUT2D eigenvalue weighted by Gasteiger charge is 2.32. The van der Waals surface area contributed by atoms with E-state index in [-0.39, 0.29) is 17.9 Å². The SMILES string of the molecule is N#C[C@H]1CS(=O)(=O)CC[C@H]1F. The van der Waals surface area contributed by atoms with Crippen LogP contribution in [0.25, 0.3) is 0 Å². The average Bonchev–Trinajstić information content (AvgIpc) is 1.94. The third-order valence-electron chi connectivity index (χ3n) is 1.74. The molecule has 0 unspecified atom stereocenters. The van der Waals surface area contributed by atoms with Crippen LogP contribution >= 0.6 is 0 Å². The minimum Gasteiger partial charge on any atom is -0.246 e. The fraction of sp³-hybridized carbons (Fsp3) is 0.833. The van der Waals surface area contributed by atoms with E-state index >= 15 is 0 Å². The van der Waals surface area contributed by atoms with Gasteiger partial charge in [-0.1, -0.05) is 0 Å². The van der Waals surface area contributed by atoms with Gasteiger partial charge in [-0.3, -0.25) is 0 Å². The predicted molar refractivity (Wildman–Crippen MR) is 37.3 cm³/mol. The lowest BCUT2D eigenvalue weighted by molar-refractivity contribution is 0.265. The van der Waals surface area contributed by atoms with Crippen LogP contribution in [-0.4, -0.2) is 26.1 Å². The molecule has 1 aliphatic heterocycles. The molecule has 62 valence electrons. The highest BCUT2D eigenvalue weighted by atomic mass is 32.2. The summed E-state index contributed by atoms with van der Waals surface area (Å²) in [6, 6.07) is 1.66. The lowest BCUT2D eigenvalue weighted by Gasteiger charge is -2.19. The van der Waals surface area contributed by atoms with Crippen molar-refractivity contribution in [3.63, 3.8) is 0 Å². The minimum absolute atomic E-state index is 0.0272. The maximum absolute atomic E-state index is 12.7. The van der Waals surface area contributed by atoms with E-state index in [2.05, 4.69) is 0 Å².